The zero-order valence-electron chi connectivity index (χ0n) is 38.0. The zero-order valence-corrected chi connectivity index (χ0v) is 38.0. The van der Waals surface area contributed by atoms with Gasteiger partial charge in [0.15, 0.2) is 0 Å². The van der Waals surface area contributed by atoms with E-state index in [1.807, 2.05) is 18.2 Å². The predicted octanol–water partition coefficient (Wildman–Crippen LogP) is 13.2. The van der Waals surface area contributed by atoms with Crippen molar-refractivity contribution in [2.45, 2.75) is 26.2 Å². The molecule has 0 atom stereocenters. The predicted molar refractivity (Wildman–Crippen MR) is 282 cm³/mol. The fourth-order valence-corrected chi connectivity index (χ4v) is 9.25. The maximum absolute atomic E-state index is 6.32. The quantitative estimate of drug-likeness (QED) is 0.133. The highest BCUT2D eigenvalue weighted by Crippen LogP contribution is 2.39. The van der Waals surface area contributed by atoms with Gasteiger partial charge in [0, 0.05) is 60.2 Å². The van der Waals surface area contributed by atoms with Crippen molar-refractivity contribution in [3.63, 3.8) is 0 Å². The normalized spacial score (nSPS) is 18.0. The van der Waals surface area contributed by atoms with Crippen LogP contribution in [0.4, 0.5) is 0 Å². The molecular formula is C61H50N6O. The summed E-state index contributed by atoms with van der Waals surface area (Å²) in [5, 5.41) is 0. The standard InChI is InChI=1S/C61H50N6O/c1-2-36-66-38-32-43(33-39-66)44-34-40-67(41-35-44)37-12-13-42-68-49-22-20-48(21-23-49)61-56-30-28-54(64-56)59(46-16-8-4-9-17-46)52-26-24-50(62-52)58(45-14-6-3-7-15-45)51-25-27-53(63-51)60(47-18-10-5-11-19-47)55-29-31-57(61)65-55/h3-11,14-35,38-41H,2,12-13,36-37,42H2,1H3. The molecule has 4 aromatic rings. The molecule has 330 valence electrons. The molecule has 68 heavy (non-hydrogen) atoms. The van der Waals surface area contributed by atoms with Gasteiger partial charge >= 0.3 is 0 Å². The van der Waals surface area contributed by atoms with Gasteiger partial charge in [-0.2, -0.15) is 0 Å². The molecule has 0 aliphatic carbocycles. The summed E-state index contributed by atoms with van der Waals surface area (Å²) in [6, 6.07) is 39.6. The van der Waals surface area contributed by atoms with Crippen LogP contribution < -0.4 is 4.74 Å². The number of fused-ring (bicyclic) bond motifs is 4. The molecule has 0 fully saturated rings. The van der Waals surface area contributed by atoms with Crippen LogP contribution in [-0.4, -0.2) is 52.3 Å². The number of rotatable bonds is 12. The van der Waals surface area contributed by atoms with Gasteiger partial charge in [-0.05, 0) is 138 Å². The Morgan fingerprint density at radius 3 is 1.09 bits per heavy atom. The van der Waals surface area contributed by atoms with Crippen molar-refractivity contribution in [2.24, 2.45) is 20.0 Å². The molecule has 7 aliphatic heterocycles. The van der Waals surface area contributed by atoms with Crippen LogP contribution in [-0.2, 0) is 0 Å². The fraction of sp³-hybridized carbons (Fsp3) is 0.115. The van der Waals surface area contributed by atoms with Gasteiger partial charge in [0.05, 0.1) is 52.2 Å². The van der Waals surface area contributed by atoms with Crippen molar-refractivity contribution in [3.8, 4) is 5.75 Å². The summed E-state index contributed by atoms with van der Waals surface area (Å²) in [6.45, 7) is 4.81. The topological polar surface area (TPSA) is 65.2 Å². The molecule has 0 saturated carbocycles. The lowest BCUT2D eigenvalue weighted by Gasteiger charge is -2.21. The number of allylic oxidation sites excluding steroid dienone is 18. The summed E-state index contributed by atoms with van der Waals surface area (Å²) in [4.78, 5) is 26.1. The number of hydrogen-bond acceptors (Lipinski definition) is 7. The van der Waals surface area contributed by atoms with Crippen LogP contribution in [0.15, 0.2) is 267 Å². The smallest absolute Gasteiger partial charge is 0.119 e. The summed E-state index contributed by atoms with van der Waals surface area (Å²) < 4.78 is 6.32. The minimum absolute atomic E-state index is 0.633. The first-order chi connectivity index (χ1) is 33.6. The van der Waals surface area contributed by atoms with Crippen LogP contribution in [0.1, 0.15) is 48.4 Å². The second-order valence-corrected chi connectivity index (χ2v) is 17.2. The van der Waals surface area contributed by atoms with Crippen molar-refractivity contribution in [2.75, 3.05) is 19.7 Å². The lowest BCUT2D eigenvalue weighted by atomic mass is 9.98. The lowest BCUT2D eigenvalue weighted by Crippen LogP contribution is -2.15. The fourth-order valence-electron chi connectivity index (χ4n) is 9.25. The molecule has 0 unspecified atom stereocenters. The van der Waals surface area contributed by atoms with Crippen molar-refractivity contribution in [1.82, 2.24) is 9.80 Å². The third kappa shape index (κ3) is 8.82. The van der Waals surface area contributed by atoms with Crippen LogP contribution in [0.3, 0.4) is 0 Å². The first-order valence-electron chi connectivity index (χ1n) is 23.6. The van der Waals surface area contributed by atoms with E-state index in [0.717, 1.165) is 128 Å². The van der Waals surface area contributed by atoms with E-state index in [4.69, 9.17) is 24.7 Å². The Labute approximate surface area is 398 Å². The number of nitrogens with zero attached hydrogens (tertiary/aromatic N) is 6. The van der Waals surface area contributed by atoms with E-state index in [1.165, 1.54) is 11.1 Å². The van der Waals surface area contributed by atoms with Crippen molar-refractivity contribution < 1.29 is 4.74 Å². The van der Waals surface area contributed by atoms with Crippen LogP contribution >= 0.6 is 0 Å². The van der Waals surface area contributed by atoms with Gasteiger partial charge in [0.1, 0.15) is 5.75 Å². The molecule has 11 rings (SSSR count). The minimum atomic E-state index is 0.633. The third-order valence-electron chi connectivity index (χ3n) is 12.6. The van der Waals surface area contributed by atoms with E-state index in [1.54, 1.807) is 0 Å². The second-order valence-electron chi connectivity index (χ2n) is 17.2. The van der Waals surface area contributed by atoms with E-state index < -0.39 is 0 Å². The highest BCUT2D eigenvalue weighted by molar-refractivity contribution is 6.39. The molecular weight excluding hydrogens is 833 g/mol. The van der Waals surface area contributed by atoms with Crippen LogP contribution in [0, 0.1) is 0 Å². The van der Waals surface area contributed by atoms with Crippen LogP contribution in [0.5, 0.6) is 5.75 Å². The summed E-state index contributed by atoms with van der Waals surface area (Å²) >= 11 is 0. The van der Waals surface area contributed by atoms with Gasteiger partial charge in [-0.1, -0.05) is 110 Å². The zero-order chi connectivity index (χ0) is 45.7. The van der Waals surface area contributed by atoms with Crippen LogP contribution in [0.2, 0.25) is 0 Å². The molecule has 0 spiro atoms. The summed E-state index contributed by atoms with van der Waals surface area (Å²) in [5.74, 6) is 0.831. The summed E-state index contributed by atoms with van der Waals surface area (Å²) in [7, 11) is 0. The van der Waals surface area contributed by atoms with Crippen molar-refractivity contribution in [3.05, 3.63) is 269 Å². The molecule has 0 saturated heterocycles. The average Bonchev–Trinajstić information content (AvgIpc) is 4.25. The molecule has 7 nitrogen and oxygen atoms in total. The van der Waals surface area contributed by atoms with E-state index in [-0.39, 0.29) is 0 Å². The number of benzene rings is 4. The van der Waals surface area contributed by atoms with Gasteiger partial charge < -0.3 is 14.5 Å². The van der Waals surface area contributed by atoms with Crippen molar-refractivity contribution in [1.29, 1.82) is 0 Å². The van der Waals surface area contributed by atoms with Gasteiger partial charge in [-0.25, -0.2) is 20.0 Å². The SMILES string of the molecule is CCCN1C=CC(=C2C=CN(CCCCOc3ccc(C4=C5C=CC(=N5)C(c5ccccc5)=C5C=CC(=N5)C(c5ccccc5)=C5C=CC(=N5)C(c5ccccc5)=C5C=CC4=N5)cc3)C=C2)C=C1. The Balaban J connectivity index is 0.900. The van der Waals surface area contributed by atoms with Gasteiger partial charge in [0.2, 0.25) is 0 Å². The second kappa shape index (κ2) is 19.2. The average molecular weight is 883 g/mol. The summed E-state index contributed by atoms with van der Waals surface area (Å²) in [5.41, 5.74) is 17.1. The van der Waals surface area contributed by atoms with E-state index >= 15 is 0 Å². The van der Waals surface area contributed by atoms with E-state index in [0.29, 0.717) is 6.61 Å². The van der Waals surface area contributed by atoms with Crippen LogP contribution in [0.25, 0.3) is 22.3 Å². The van der Waals surface area contributed by atoms with Crippen molar-refractivity contribution >= 4 is 45.1 Å². The maximum Gasteiger partial charge on any atom is 0.119 e. The molecule has 8 bridgehead atoms. The third-order valence-corrected chi connectivity index (χ3v) is 12.6. The Morgan fingerprint density at radius 1 is 0.368 bits per heavy atom. The molecule has 0 amide bonds. The molecule has 7 heteroatoms. The minimum Gasteiger partial charge on any atom is -0.494 e. The van der Waals surface area contributed by atoms with E-state index in [9.17, 15) is 0 Å². The molecule has 7 aliphatic rings. The molecule has 0 radical (unpaired) electrons. The Hall–Kier alpha value is -8.42. The monoisotopic (exact) mass is 882 g/mol. The number of unbranched alkanes of at least 4 members (excludes halogenated alkanes) is 1. The Kier molecular flexibility index (Phi) is 11.9. The molecule has 4 aromatic carbocycles. The first kappa shape index (κ1) is 42.2. The number of aliphatic imine (C=N–C) groups is 4. The van der Waals surface area contributed by atoms with Gasteiger partial charge in [-0.3, -0.25) is 0 Å². The lowest BCUT2D eigenvalue weighted by molar-refractivity contribution is 0.300. The van der Waals surface area contributed by atoms with Gasteiger partial charge in [0.25, 0.3) is 0 Å². The highest BCUT2D eigenvalue weighted by Gasteiger charge is 2.27. The Morgan fingerprint density at radius 2 is 0.721 bits per heavy atom. The summed E-state index contributed by atoms with van der Waals surface area (Å²) in [6.07, 6.45) is 37.4. The first-order valence-corrected chi connectivity index (χ1v) is 23.6. The number of ether oxygens (including phenoxy) is 1. The highest BCUT2D eigenvalue weighted by atomic mass is 16.5. The van der Waals surface area contributed by atoms with Gasteiger partial charge in [-0.15, -0.1) is 0 Å². The Bertz CT molecular complexity index is 3140. The molecule has 0 aromatic heterocycles. The number of hydrogen-bond donors (Lipinski definition) is 0. The largest absolute Gasteiger partial charge is 0.494 e. The molecule has 7 heterocycles. The maximum atomic E-state index is 6.32. The van der Waals surface area contributed by atoms with E-state index in [2.05, 4.69) is 211 Å². The molecule has 0 N–H and O–H groups in total.